The van der Waals surface area contributed by atoms with Gasteiger partial charge in [0.25, 0.3) is 5.91 Å². The van der Waals surface area contributed by atoms with Crippen LogP contribution in [0.5, 0.6) is 23.0 Å². The maximum absolute atomic E-state index is 12.4. The summed E-state index contributed by atoms with van der Waals surface area (Å²) >= 11 is 1.50. The number of aromatic nitrogens is 1. The number of nitrogens with one attached hydrogen (secondary N) is 1. The Hall–Kier alpha value is -3.30. The molecule has 164 valence electrons. The van der Waals surface area contributed by atoms with Crippen LogP contribution in [0.2, 0.25) is 0 Å². The summed E-state index contributed by atoms with van der Waals surface area (Å²) in [7, 11) is 3.04. The number of para-hydroxylation sites is 1. The van der Waals surface area contributed by atoms with E-state index in [4.69, 9.17) is 18.9 Å². The summed E-state index contributed by atoms with van der Waals surface area (Å²) in [6, 6.07) is 12.1. The molecule has 31 heavy (non-hydrogen) atoms. The number of carbonyl (C=O) groups is 1. The third kappa shape index (κ3) is 6.34. The minimum Gasteiger partial charge on any atom is -0.493 e. The van der Waals surface area contributed by atoms with Gasteiger partial charge in [0.1, 0.15) is 25.1 Å². The molecule has 0 aliphatic carbocycles. The standard InChI is InChI=1S/C22H24N2O6S/c1-27-19-7-4-8-20(28-2)21(19)30-12-17(25)10-23-22(26)15-5-3-6-18(9-15)29-11-16-13-31-14-24-16/h3-9,13-14,17,25H,10-12H2,1-2H3,(H,23,26). The zero-order chi connectivity index (χ0) is 22.1. The number of hydrogen-bond acceptors (Lipinski definition) is 8. The molecule has 1 heterocycles. The molecule has 1 unspecified atom stereocenters. The third-order valence-electron chi connectivity index (χ3n) is 4.27. The first-order chi connectivity index (χ1) is 15.1. The van der Waals surface area contributed by atoms with E-state index < -0.39 is 6.10 Å². The highest BCUT2D eigenvalue weighted by Crippen LogP contribution is 2.36. The van der Waals surface area contributed by atoms with Crippen LogP contribution >= 0.6 is 11.3 Å². The fourth-order valence-electron chi connectivity index (χ4n) is 2.70. The first-order valence-electron chi connectivity index (χ1n) is 9.50. The van der Waals surface area contributed by atoms with Crippen LogP contribution in [0.25, 0.3) is 0 Å². The average molecular weight is 445 g/mol. The summed E-state index contributed by atoms with van der Waals surface area (Å²) in [5, 5.41) is 14.8. The molecule has 0 saturated carbocycles. The molecule has 0 radical (unpaired) electrons. The maximum atomic E-state index is 12.4. The van der Waals surface area contributed by atoms with Gasteiger partial charge in [-0.15, -0.1) is 11.3 Å². The van der Waals surface area contributed by atoms with E-state index in [1.807, 2.05) is 5.38 Å². The van der Waals surface area contributed by atoms with Gasteiger partial charge < -0.3 is 29.4 Å². The first-order valence-corrected chi connectivity index (χ1v) is 10.4. The summed E-state index contributed by atoms with van der Waals surface area (Å²) in [6.07, 6.45) is -0.928. The molecule has 0 aliphatic rings. The lowest BCUT2D eigenvalue weighted by molar-refractivity contribution is 0.0833. The van der Waals surface area contributed by atoms with Crippen LogP contribution in [0.3, 0.4) is 0 Å². The molecule has 2 aromatic carbocycles. The van der Waals surface area contributed by atoms with Crippen molar-refractivity contribution in [1.29, 1.82) is 0 Å². The number of hydrogen-bond donors (Lipinski definition) is 2. The number of rotatable bonds is 11. The molecule has 0 saturated heterocycles. The van der Waals surface area contributed by atoms with E-state index in [1.165, 1.54) is 25.6 Å². The van der Waals surface area contributed by atoms with Gasteiger partial charge >= 0.3 is 0 Å². The number of carbonyl (C=O) groups excluding carboxylic acids is 1. The summed E-state index contributed by atoms with van der Waals surface area (Å²) in [6.45, 7) is 0.297. The highest BCUT2D eigenvalue weighted by Gasteiger charge is 2.15. The van der Waals surface area contributed by atoms with Crippen LogP contribution in [0.4, 0.5) is 0 Å². The molecule has 3 aromatic rings. The van der Waals surface area contributed by atoms with E-state index >= 15 is 0 Å². The molecule has 2 N–H and O–H groups in total. The maximum Gasteiger partial charge on any atom is 0.251 e. The Bertz CT molecular complexity index is 958. The molecule has 0 aliphatic heterocycles. The fraction of sp³-hybridized carbons (Fsp3) is 0.273. The van der Waals surface area contributed by atoms with E-state index in [2.05, 4.69) is 10.3 Å². The molecular weight excluding hydrogens is 420 g/mol. The molecule has 1 amide bonds. The fourth-order valence-corrected chi connectivity index (χ4v) is 3.25. The average Bonchev–Trinajstić information content (AvgIpc) is 3.33. The van der Waals surface area contributed by atoms with Gasteiger partial charge in [0, 0.05) is 17.5 Å². The van der Waals surface area contributed by atoms with Crippen molar-refractivity contribution in [2.24, 2.45) is 0 Å². The van der Waals surface area contributed by atoms with Crippen molar-refractivity contribution in [2.75, 3.05) is 27.4 Å². The van der Waals surface area contributed by atoms with Gasteiger partial charge in [-0.2, -0.15) is 0 Å². The normalized spacial score (nSPS) is 11.5. The molecule has 1 aromatic heterocycles. The highest BCUT2D eigenvalue weighted by molar-refractivity contribution is 7.07. The largest absolute Gasteiger partial charge is 0.493 e. The summed E-state index contributed by atoms with van der Waals surface area (Å²) in [5.41, 5.74) is 2.99. The van der Waals surface area contributed by atoms with Crippen molar-refractivity contribution in [2.45, 2.75) is 12.7 Å². The number of benzene rings is 2. The van der Waals surface area contributed by atoms with Crippen LogP contribution in [-0.2, 0) is 6.61 Å². The van der Waals surface area contributed by atoms with Gasteiger partial charge in [-0.05, 0) is 30.3 Å². The van der Waals surface area contributed by atoms with Gasteiger partial charge in [0.15, 0.2) is 11.5 Å². The Morgan fingerprint density at radius 2 is 1.87 bits per heavy atom. The van der Waals surface area contributed by atoms with Crippen LogP contribution in [0, 0.1) is 0 Å². The lowest BCUT2D eigenvalue weighted by Gasteiger charge is -2.17. The molecule has 0 spiro atoms. The topological polar surface area (TPSA) is 99.1 Å². The SMILES string of the molecule is COc1cccc(OC)c1OCC(O)CNC(=O)c1cccc(OCc2cscn2)c1. The monoisotopic (exact) mass is 444 g/mol. The van der Waals surface area contributed by atoms with E-state index in [0.29, 0.717) is 35.2 Å². The van der Waals surface area contributed by atoms with Gasteiger partial charge in [-0.1, -0.05) is 12.1 Å². The second-order valence-corrected chi connectivity index (χ2v) is 7.18. The Morgan fingerprint density at radius 1 is 1.13 bits per heavy atom. The van der Waals surface area contributed by atoms with E-state index in [-0.39, 0.29) is 19.1 Å². The number of methoxy groups -OCH3 is 2. The van der Waals surface area contributed by atoms with Gasteiger partial charge in [0.05, 0.1) is 25.4 Å². The number of aliphatic hydroxyl groups is 1. The quantitative estimate of drug-likeness (QED) is 0.469. The van der Waals surface area contributed by atoms with Crippen LogP contribution in [0.15, 0.2) is 53.4 Å². The van der Waals surface area contributed by atoms with Gasteiger partial charge in [0.2, 0.25) is 5.75 Å². The van der Waals surface area contributed by atoms with Gasteiger partial charge in [-0.25, -0.2) is 4.98 Å². The number of amides is 1. The zero-order valence-electron chi connectivity index (χ0n) is 17.2. The second-order valence-electron chi connectivity index (χ2n) is 6.46. The number of aliphatic hydroxyl groups excluding tert-OH is 1. The molecule has 8 nitrogen and oxygen atoms in total. The van der Waals surface area contributed by atoms with Crippen molar-refractivity contribution in [3.8, 4) is 23.0 Å². The van der Waals surface area contributed by atoms with Crippen molar-refractivity contribution in [3.05, 3.63) is 64.6 Å². The van der Waals surface area contributed by atoms with Crippen molar-refractivity contribution < 1.29 is 28.8 Å². The molecule has 1 atom stereocenters. The molecule has 3 rings (SSSR count). The Morgan fingerprint density at radius 3 is 2.55 bits per heavy atom. The zero-order valence-corrected chi connectivity index (χ0v) is 18.1. The second kappa shape index (κ2) is 11.2. The van der Waals surface area contributed by atoms with Crippen LogP contribution in [-0.4, -0.2) is 49.5 Å². The Labute approximate surface area is 184 Å². The predicted octanol–water partition coefficient (Wildman–Crippen LogP) is 2.91. The van der Waals surface area contributed by atoms with E-state index in [9.17, 15) is 9.90 Å². The Balaban J connectivity index is 1.50. The number of nitrogens with zero attached hydrogens (tertiary/aromatic N) is 1. The van der Waals surface area contributed by atoms with E-state index in [0.717, 1.165) is 5.69 Å². The summed E-state index contributed by atoms with van der Waals surface area (Å²) in [4.78, 5) is 16.6. The lowest BCUT2D eigenvalue weighted by Crippen LogP contribution is -2.35. The molecule has 0 fully saturated rings. The predicted molar refractivity (Wildman–Crippen MR) is 116 cm³/mol. The smallest absolute Gasteiger partial charge is 0.251 e. The molecule has 0 bridgehead atoms. The van der Waals surface area contributed by atoms with Crippen molar-refractivity contribution in [1.82, 2.24) is 10.3 Å². The third-order valence-corrected chi connectivity index (χ3v) is 4.90. The number of thiazole rings is 1. The minimum absolute atomic E-state index is 0.0141. The number of ether oxygens (including phenoxy) is 4. The molecular formula is C22H24N2O6S. The molecule has 9 heteroatoms. The first kappa shape index (κ1) is 22.4. The Kier molecular flexibility index (Phi) is 8.08. The summed E-state index contributed by atoms with van der Waals surface area (Å²) in [5.74, 6) is 1.61. The minimum atomic E-state index is -0.928. The van der Waals surface area contributed by atoms with E-state index in [1.54, 1.807) is 48.0 Å². The van der Waals surface area contributed by atoms with Crippen molar-refractivity contribution >= 4 is 17.2 Å². The highest BCUT2D eigenvalue weighted by atomic mass is 32.1. The van der Waals surface area contributed by atoms with Gasteiger partial charge in [-0.3, -0.25) is 4.79 Å². The summed E-state index contributed by atoms with van der Waals surface area (Å²) < 4.78 is 21.8. The van der Waals surface area contributed by atoms with Crippen LogP contribution < -0.4 is 24.3 Å². The van der Waals surface area contributed by atoms with Crippen molar-refractivity contribution in [3.63, 3.8) is 0 Å². The van der Waals surface area contributed by atoms with Crippen LogP contribution in [0.1, 0.15) is 16.1 Å². The lowest BCUT2D eigenvalue weighted by atomic mass is 10.2.